The summed E-state index contributed by atoms with van der Waals surface area (Å²) in [5, 5.41) is 8.71. The largest absolute Gasteiger partial charge is 0.504 e. The molecule has 0 amide bonds. The number of hydrogen-bond acceptors (Lipinski definition) is 5. The first-order valence-corrected chi connectivity index (χ1v) is 5.04. The highest BCUT2D eigenvalue weighted by Gasteiger charge is 2.54. The van der Waals surface area contributed by atoms with Gasteiger partial charge in [0, 0.05) is 0 Å². The molecule has 0 fully saturated rings. The fourth-order valence-corrected chi connectivity index (χ4v) is 1.27. The molecular formula is C9H2F9NO4. The molecular weight excluding hydrogens is 357 g/mol. The molecule has 1 N–H and O–H groups in total. The third-order valence-electron chi connectivity index (χ3n) is 2.17. The zero-order valence-electron chi connectivity index (χ0n) is 10.1. The van der Waals surface area contributed by atoms with E-state index in [2.05, 4.69) is 9.73 Å². The topological polar surface area (TPSA) is 76.0 Å². The number of aliphatic hydroxyl groups excluding tert-OH is 1. The van der Waals surface area contributed by atoms with Crippen LogP contribution >= 0.6 is 0 Å². The highest BCUT2D eigenvalue weighted by atomic mass is 19.4. The summed E-state index contributed by atoms with van der Waals surface area (Å²) >= 11 is 0. The van der Waals surface area contributed by atoms with E-state index < -0.39 is 53.6 Å². The van der Waals surface area contributed by atoms with E-state index in [9.17, 15) is 49.1 Å². The molecule has 0 spiro atoms. The van der Waals surface area contributed by atoms with Gasteiger partial charge in [0.25, 0.3) is 12.0 Å². The molecule has 1 aliphatic rings. The van der Waals surface area contributed by atoms with Gasteiger partial charge in [-0.2, -0.15) is 39.5 Å². The van der Waals surface area contributed by atoms with Crippen molar-refractivity contribution < 1.29 is 58.9 Å². The van der Waals surface area contributed by atoms with Crippen LogP contribution in [0.3, 0.4) is 0 Å². The van der Waals surface area contributed by atoms with E-state index in [0.29, 0.717) is 0 Å². The van der Waals surface area contributed by atoms with Crippen molar-refractivity contribution in [3.8, 4) is 0 Å². The lowest BCUT2D eigenvalue weighted by Crippen LogP contribution is -2.34. The molecule has 14 heteroatoms. The van der Waals surface area contributed by atoms with Gasteiger partial charge in [-0.3, -0.25) is 4.79 Å². The minimum atomic E-state index is -6.03. The summed E-state index contributed by atoms with van der Waals surface area (Å²) in [7, 11) is 0. The van der Waals surface area contributed by atoms with Gasteiger partial charge in [0.05, 0.1) is 0 Å². The average molecular weight is 359 g/mol. The number of cyclic esters (lactones) is 1. The minimum Gasteiger partial charge on any atom is -0.504 e. The Bertz CT molecular complexity index is 596. The summed E-state index contributed by atoms with van der Waals surface area (Å²) in [6.45, 7) is 0. The highest BCUT2D eigenvalue weighted by Crippen LogP contribution is 2.34. The van der Waals surface area contributed by atoms with Crippen molar-refractivity contribution in [3.05, 3.63) is 11.3 Å². The van der Waals surface area contributed by atoms with Crippen LogP contribution in [0.15, 0.2) is 16.3 Å². The van der Waals surface area contributed by atoms with E-state index in [1.165, 1.54) is 0 Å². The van der Waals surface area contributed by atoms with Gasteiger partial charge in [0.2, 0.25) is 5.76 Å². The van der Waals surface area contributed by atoms with Crippen LogP contribution in [-0.4, -0.2) is 47.3 Å². The second-order valence-corrected chi connectivity index (χ2v) is 3.83. The number of alkyl halides is 9. The van der Waals surface area contributed by atoms with Crippen LogP contribution in [0, 0.1) is 0 Å². The lowest BCUT2D eigenvalue weighted by Gasteiger charge is -2.12. The maximum absolute atomic E-state index is 12.3. The normalized spacial score (nSPS) is 20.8. The van der Waals surface area contributed by atoms with Crippen LogP contribution in [0.1, 0.15) is 0 Å². The van der Waals surface area contributed by atoms with Gasteiger partial charge in [0.15, 0.2) is 5.71 Å². The number of halogens is 9. The SMILES string of the molecule is O=C1O[C@@H](C(F)(F)F)N=C1C(C(=O)C(F)(F)F)=C(O)C(F)(F)F. The summed E-state index contributed by atoms with van der Waals surface area (Å²) < 4.78 is 114. The first-order valence-electron chi connectivity index (χ1n) is 5.04. The van der Waals surface area contributed by atoms with Gasteiger partial charge in [-0.15, -0.1) is 0 Å². The average Bonchev–Trinajstić information content (AvgIpc) is 2.69. The monoisotopic (exact) mass is 359 g/mol. The number of ketones is 1. The van der Waals surface area contributed by atoms with E-state index in [1.54, 1.807) is 0 Å². The third-order valence-corrected chi connectivity index (χ3v) is 2.17. The maximum atomic E-state index is 12.3. The number of ether oxygens (including phenoxy) is 1. The van der Waals surface area contributed by atoms with E-state index in [4.69, 9.17) is 5.11 Å². The number of rotatable bonds is 2. The maximum Gasteiger partial charge on any atom is 0.455 e. The van der Waals surface area contributed by atoms with Crippen molar-refractivity contribution in [1.82, 2.24) is 0 Å². The predicted molar refractivity (Wildman–Crippen MR) is 50.1 cm³/mol. The molecule has 0 aliphatic carbocycles. The smallest absolute Gasteiger partial charge is 0.455 e. The molecule has 5 nitrogen and oxygen atoms in total. The van der Waals surface area contributed by atoms with Crippen molar-refractivity contribution in [1.29, 1.82) is 0 Å². The second kappa shape index (κ2) is 5.42. The standard InChI is InChI=1S/C9H2F9NO4/c10-7(11,12)3(20)1(4(21)8(13,14)15)2-5(22)23-6(19-2)9(16,17)18/h6,20H/t6-/m0/s1. The molecule has 0 aromatic carbocycles. The molecule has 130 valence electrons. The molecule has 1 rings (SSSR count). The number of esters is 1. The lowest BCUT2D eigenvalue weighted by atomic mass is 10.0. The van der Waals surface area contributed by atoms with Gasteiger partial charge in [-0.25, -0.2) is 9.79 Å². The number of carbonyl (C=O) groups is 2. The number of aliphatic hydroxyl groups is 1. The van der Waals surface area contributed by atoms with Crippen molar-refractivity contribution in [2.75, 3.05) is 0 Å². The number of nitrogens with zero attached hydrogens (tertiary/aromatic N) is 1. The van der Waals surface area contributed by atoms with E-state index >= 15 is 0 Å². The molecule has 0 radical (unpaired) electrons. The van der Waals surface area contributed by atoms with Crippen molar-refractivity contribution in [3.63, 3.8) is 0 Å². The summed E-state index contributed by atoms with van der Waals surface area (Å²) in [6, 6.07) is 0. The highest BCUT2D eigenvalue weighted by molar-refractivity contribution is 6.51. The second-order valence-electron chi connectivity index (χ2n) is 3.83. The van der Waals surface area contributed by atoms with Gasteiger partial charge in [0.1, 0.15) is 5.57 Å². The van der Waals surface area contributed by atoms with Crippen molar-refractivity contribution >= 4 is 17.5 Å². The fourth-order valence-electron chi connectivity index (χ4n) is 1.27. The van der Waals surface area contributed by atoms with Gasteiger partial charge in [-0.05, 0) is 0 Å². The molecule has 0 saturated heterocycles. The first-order chi connectivity index (χ1) is 10.1. The van der Waals surface area contributed by atoms with E-state index in [0.717, 1.165) is 0 Å². The predicted octanol–water partition coefficient (Wildman–Crippen LogP) is 2.38. The Kier molecular flexibility index (Phi) is 4.42. The quantitative estimate of drug-likeness (QED) is 0.356. The number of Topliss-reactive ketones (excluding diaryl/α,β-unsaturated/α-hetero) is 1. The summed E-state index contributed by atoms with van der Waals surface area (Å²) in [5.41, 5.74) is -5.01. The summed E-state index contributed by atoms with van der Waals surface area (Å²) in [6.07, 6.45) is -20.8. The molecule has 0 aromatic heterocycles. The number of hydrogen-bond donors (Lipinski definition) is 1. The number of carbonyl (C=O) groups excluding carboxylic acids is 2. The molecule has 0 saturated carbocycles. The molecule has 1 heterocycles. The van der Waals surface area contributed by atoms with Crippen LogP contribution in [0.2, 0.25) is 0 Å². The third kappa shape index (κ3) is 3.92. The molecule has 0 bridgehead atoms. The molecule has 0 unspecified atom stereocenters. The van der Waals surface area contributed by atoms with Crippen LogP contribution in [0.5, 0.6) is 0 Å². The van der Waals surface area contributed by atoms with E-state index in [-0.39, 0.29) is 0 Å². The van der Waals surface area contributed by atoms with Crippen LogP contribution < -0.4 is 0 Å². The Morgan fingerprint density at radius 2 is 1.48 bits per heavy atom. The van der Waals surface area contributed by atoms with Crippen molar-refractivity contribution in [2.45, 2.75) is 24.8 Å². The number of aliphatic imine (C=N–C) groups is 1. The fraction of sp³-hybridized carbons (Fsp3) is 0.444. The summed E-state index contributed by atoms with van der Waals surface area (Å²) in [5.74, 6) is -9.01. The van der Waals surface area contributed by atoms with Crippen LogP contribution in [0.4, 0.5) is 39.5 Å². The van der Waals surface area contributed by atoms with Crippen LogP contribution in [0.25, 0.3) is 0 Å². The molecule has 23 heavy (non-hydrogen) atoms. The Balaban J connectivity index is 3.56. The number of allylic oxidation sites excluding steroid dienone is 1. The van der Waals surface area contributed by atoms with Crippen molar-refractivity contribution in [2.24, 2.45) is 4.99 Å². The Hall–Kier alpha value is -2.28. The van der Waals surface area contributed by atoms with Gasteiger partial charge >= 0.3 is 24.5 Å². The summed E-state index contributed by atoms with van der Waals surface area (Å²) in [4.78, 5) is 24.2. The minimum absolute atomic E-state index is 2.19. The van der Waals surface area contributed by atoms with Gasteiger partial charge < -0.3 is 9.84 Å². The Morgan fingerprint density at radius 1 is 1.00 bits per heavy atom. The Labute approximate surface area is 119 Å². The Morgan fingerprint density at radius 3 is 1.78 bits per heavy atom. The lowest BCUT2D eigenvalue weighted by molar-refractivity contribution is -0.210. The first kappa shape index (κ1) is 18.8. The molecule has 1 aliphatic heterocycles. The zero-order valence-corrected chi connectivity index (χ0v) is 10.1. The molecule has 0 aromatic rings. The van der Waals surface area contributed by atoms with E-state index in [1.807, 2.05) is 0 Å². The molecule has 1 atom stereocenters. The zero-order chi connectivity index (χ0) is 18.4. The van der Waals surface area contributed by atoms with Gasteiger partial charge in [-0.1, -0.05) is 0 Å². The van der Waals surface area contributed by atoms with Crippen LogP contribution in [-0.2, 0) is 14.3 Å².